The second kappa shape index (κ2) is 5.57. The first-order valence-electron chi connectivity index (χ1n) is 6.13. The molecule has 1 fully saturated rings. The summed E-state index contributed by atoms with van der Waals surface area (Å²) in [5.41, 5.74) is 1.37. The Balaban J connectivity index is 2.02. The average molecular weight is 283 g/mol. The van der Waals surface area contributed by atoms with Crippen molar-refractivity contribution in [1.29, 1.82) is 0 Å². The van der Waals surface area contributed by atoms with Crippen LogP contribution in [0.2, 0.25) is 5.15 Å². The predicted molar refractivity (Wildman–Crippen MR) is 71.1 cm³/mol. The fourth-order valence-corrected chi connectivity index (χ4v) is 2.47. The van der Waals surface area contributed by atoms with Gasteiger partial charge in [-0.2, -0.15) is 0 Å². The zero-order valence-electron chi connectivity index (χ0n) is 10.5. The molecule has 0 aromatic carbocycles. The first kappa shape index (κ1) is 13.8. The van der Waals surface area contributed by atoms with E-state index in [0.717, 1.165) is 5.56 Å². The van der Waals surface area contributed by atoms with Crippen molar-refractivity contribution in [2.75, 3.05) is 5.32 Å². The predicted octanol–water partition coefficient (Wildman–Crippen LogP) is 2.48. The summed E-state index contributed by atoms with van der Waals surface area (Å²) in [5.74, 6) is -1.69. The van der Waals surface area contributed by atoms with Crippen LogP contribution in [-0.4, -0.2) is 22.0 Å². The molecule has 1 amide bonds. The summed E-state index contributed by atoms with van der Waals surface area (Å²) in [6.07, 6.45) is 3.15. The molecule has 0 unspecified atom stereocenters. The number of nitrogens with zero attached hydrogens (tertiary/aromatic N) is 1. The summed E-state index contributed by atoms with van der Waals surface area (Å²) in [6, 6.07) is 1.75. The number of carboxylic acids is 1. The van der Waals surface area contributed by atoms with Gasteiger partial charge in [-0.1, -0.05) is 11.6 Å². The highest BCUT2D eigenvalue weighted by Crippen LogP contribution is 2.32. The van der Waals surface area contributed by atoms with Crippen molar-refractivity contribution >= 4 is 29.2 Å². The normalized spacial score (nSPS) is 22.2. The Labute approximate surface area is 116 Å². The molecule has 2 N–H and O–H groups in total. The van der Waals surface area contributed by atoms with Crippen LogP contribution in [0.3, 0.4) is 0 Å². The minimum atomic E-state index is -0.828. The van der Waals surface area contributed by atoms with Crippen molar-refractivity contribution in [3.8, 4) is 0 Å². The average Bonchev–Trinajstić information content (AvgIpc) is 2.83. The molecule has 0 spiro atoms. The molecule has 0 saturated heterocycles. The second-order valence-electron chi connectivity index (χ2n) is 4.89. The van der Waals surface area contributed by atoms with Crippen LogP contribution in [0.25, 0.3) is 0 Å². The second-order valence-corrected chi connectivity index (χ2v) is 5.24. The maximum atomic E-state index is 12.1. The van der Waals surface area contributed by atoms with E-state index in [-0.39, 0.29) is 17.0 Å². The van der Waals surface area contributed by atoms with E-state index >= 15 is 0 Å². The number of carbonyl (C=O) groups excluding carboxylic acids is 1. The molecule has 102 valence electrons. The van der Waals surface area contributed by atoms with Crippen molar-refractivity contribution in [2.45, 2.75) is 26.2 Å². The third-order valence-electron chi connectivity index (χ3n) is 3.39. The molecule has 0 radical (unpaired) electrons. The van der Waals surface area contributed by atoms with Crippen molar-refractivity contribution in [3.05, 3.63) is 23.0 Å². The van der Waals surface area contributed by atoms with Crippen LogP contribution in [0, 0.1) is 18.8 Å². The maximum absolute atomic E-state index is 12.1. The van der Waals surface area contributed by atoms with Gasteiger partial charge in [0.05, 0.1) is 11.6 Å². The van der Waals surface area contributed by atoms with Gasteiger partial charge in [-0.25, -0.2) is 4.98 Å². The first-order valence-corrected chi connectivity index (χ1v) is 6.51. The van der Waals surface area contributed by atoms with Gasteiger partial charge in [0.15, 0.2) is 5.15 Å². The van der Waals surface area contributed by atoms with E-state index in [1.165, 1.54) is 0 Å². The Bertz CT molecular complexity index is 519. The molecule has 2 atom stereocenters. The highest BCUT2D eigenvalue weighted by atomic mass is 35.5. The minimum Gasteiger partial charge on any atom is -0.481 e. The molecule has 1 saturated carbocycles. The van der Waals surface area contributed by atoms with Crippen molar-refractivity contribution in [2.24, 2.45) is 11.8 Å². The van der Waals surface area contributed by atoms with Crippen LogP contribution in [0.1, 0.15) is 24.8 Å². The Morgan fingerprint density at radius 2 is 2.11 bits per heavy atom. The highest BCUT2D eigenvalue weighted by Gasteiger charge is 2.34. The lowest BCUT2D eigenvalue weighted by atomic mass is 10.0. The molecular formula is C13H15ClN2O3. The highest BCUT2D eigenvalue weighted by molar-refractivity contribution is 6.32. The fraction of sp³-hybridized carbons (Fsp3) is 0.462. The molecule has 0 bridgehead atoms. The van der Waals surface area contributed by atoms with E-state index in [4.69, 9.17) is 16.7 Å². The summed E-state index contributed by atoms with van der Waals surface area (Å²) in [5, 5.41) is 11.9. The third-order valence-corrected chi connectivity index (χ3v) is 3.69. The molecular weight excluding hydrogens is 268 g/mol. The van der Waals surface area contributed by atoms with E-state index in [1.54, 1.807) is 12.3 Å². The number of rotatable bonds is 3. The molecule has 2 rings (SSSR count). The standard InChI is InChI=1S/C13H15ClN2O3/c1-7-4-10(11(14)15-6-7)16-12(17)8-2-3-9(5-8)13(18)19/h4,6,8-9H,2-3,5H2,1H3,(H,16,17)(H,18,19)/t8-,9+/m1/s1. The molecule has 1 aromatic rings. The fourth-order valence-electron chi connectivity index (χ4n) is 2.32. The van der Waals surface area contributed by atoms with Crippen LogP contribution in [-0.2, 0) is 9.59 Å². The van der Waals surface area contributed by atoms with Gasteiger partial charge in [-0.15, -0.1) is 0 Å². The van der Waals surface area contributed by atoms with Crippen LogP contribution >= 0.6 is 11.6 Å². The number of carboxylic acid groups (broad SMARTS) is 1. The molecule has 5 nitrogen and oxygen atoms in total. The summed E-state index contributed by atoms with van der Waals surface area (Å²) in [6.45, 7) is 1.86. The van der Waals surface area contributed by atoms with E-state index in [2.05, 4.69) is 10.3 Å². The number of pyridine rings is 1. The number of aliphatic carboxylic acids is 1. The van der Waals surface area contributed by atoms with E-state index < -0.39 is 11.9 Å². The Morgan fingerprint density at radius 1 is 1.42 bits per heavy atom. The van der Waals surface area contributed by atoms with Crippen LogP contribution < -0.4 is 5.32 Å². The number of halogens is 1. The summed E-state index contributed by atoms with van der Waals surface area (Å²) >= 11 is 5.91. The molecule has 1 aromatic heterocycles. The number of hydrogen-bond donors (Lipinski definition) is 2. The summed E-state index contributed by atoms with van der Waals surface area (Å²) in [4.78, 5) is 26.9. The minimum absolute atomic E-state index is 0.182. The SMILES string of the molecule is Cc1cnc(Cl)c(NC(=O)[C@@H]2CC[C@H](C(=O)O)C2)c1. The lowest BCUT2D eigenvalue weighted by Crippen LogP contribution is -2.22. The zero-order chi connectivity index (χ0) is 14.0. The molecule has 1 heterocycles. The van der Waals surface area contributed by atoms with Crippen LogP contribution in [0.4, 0.5) is 5.69 Å². The van der Waals surface area contributed by atoms with Crippen molar-refractivity contribution < 1.29 is 14.7 Å². The van der Waals surface area contributed by atoms with Crippen molar-refractivity contribution in [3.63, 3.8) is 0 Å². The summed E-state index contributed by atoms with van der Waals surface area (Å²) < 4.78 is 0. The monoisotopic (exact) mass is 282 g/mol. The van der Waals surface area contributed by atoms with Gasteiger partial charge in [-0.3, -0.25) is 9.59 Å². The lowest BCUT2D eigenvalue weighted by Gasteiger charge is -2.12. The van der Waals surface area contributed by atoms with Crippen molar-refractivity contribution in [1.82, 2.24) is 4.98 Å². The van der Waals surface area contributed by atoms with Gasteiger partial charge in [0.1, 0.15) is 0 Å². The largest absolute Gasteiger partial charge is 0.481 e. The number of amides is 1. The van der Waals surface area contributed by atoms with E-state index in [0.29, 0.717) is 24.9 Å². The van der Waals surface area contributed by atoms with Gasteiger partial charge in [-0.05, 0) is 37.8 Å². The smallest absolute Gasteiger partial charge is 0.306 e. The molecule has 1 aliphatic rings. The van der Waals surface area contributed by atoms with Gasteiger partial charge in [0.2, 0.25) is 5.91 Å². The van der Waals surface area contributed by atoms with E-state index in [9.17, 15) is 9.59 Å². The zero-order valence-corrected chi connectivity index (χ0v) is 11.3. The van der Waals surface area contributed by atoms with Gasteiger partial charge >= 0.3 is 5.97 Å². The first-order chi connectivity index (χ1) is 8.97. The van der Waals surface area contributed by atoms with E-state index in [1.807, 2.05) is 6.92 Å². The Hall–Kier alpha value is -1.62. The molecule has 19 heavy (non-hydrogen) atoms. The third kappa shape index (κ3) is 3.23. The van der Waals surface area contributed by atoms with Gasteiger partial charge in [0.25, 0.3) is 0 Å². The number of carbonyl (C=O) groups is 2. The number of hydrogen-bond acceptors (Lipinski definition) is 3. The quantitative estimate of drug-likeness (QED) is 0.835. The van der Waals surface area contributed by atoms with Crippen LogP contribution in [0.15, 0.2) is 12.3 Å². The molecule has 1 aliphatic carbocycles. The topological polar surface area (TPSA) is 79.3 Å². The number of aromatic nitrogens is 1. The Kier molecular flexibility index (Phi) is 4.04. The molecule has 6 heteroatoms. The maximum Gasteiger partial charge on any atom is 0.306 e. The molecule has 0 aliphatic heterocycles. The Morgan fingerprint density at radius 3 is 2.74 bits per heavy atom. The number of anilines is 1. The van der Waals surface area contributed by atoms with Crippen LogP contribution in [0.5, 0.6) is 0 Å². The van der Waals surface area contributed by atoms with Gasteiger partial charge < -0.3 is 10.4 Å². The number of aryl methyl sites for hydroxylation is 1. The summed E-state index contributed by atoms with van der Waals surface area (Å²) in [7, 11) is 0. The number of nitrogens with one attached hydrogen (secondary N) is 1. The van der Waals surface area contributed by atoms with Gasteiger partial charge in [0, 0.05) is 12.1 Å². The lowest BCUT2D eigenvalue weighted by molar-refractivity contribution is -0.141.